The number of halogens is 3. The van der Waals surface area contributed by atoms with Crippen molar-refractivity contribution < 1.29 is 22.6 Å². The summed E-state index contributed by atoms with van der Waals surface area (Å²) in [6.07, 6.45) is 5.91. The predicted octanol–water partition coefficient (Wildman–Crippen LogP) is 6.78. The summed E-state index contributed by atoms with van der Waals surface area (Å²) in [7, 11) is 1.36. The quantitative estimate of drug-likeness (QED) is 0.164. The molecule has 3 atom stereocenters. The number of hydrogen-bond acceptors (Lipinski definition) is 4. The number of hydrogen-bond donors (Lipinski definition) is 2. The lowest BCUT2D eigenvalue weighted by atomic mass is 9.94. The summed E-state index contributed by atoms with van der Waals surface area (Å²) in [4.78, 5) is 0. The average molecular weight is 498 g/mol. The number of ether oxygens (including phenoxy) is 2. The predicted molar refractivity (Wildman–Crippen MR) is 135 cm³/mol. The summed E-state index contributed by atoms with van der Waals surface area (Å²) >= 11 is 0. The zero-order valence-electron chi connectivity index (χ0n) is 18.8. The molecule has 182 valence electrons. The minimum Gasteiger partial charge on any atom is -0.483 e. The summed E-state index contributed by atoms with van der Waals surface area (Å²) in [6, 6.07) is 18.7. The molecule has 1 aliphatic rings. The van der Waals surface area contributed by atoms with Crippen molar-refractivity contribution in [2.75, 3.05) is 0 Å². The van der Waals surface area contributed by atoms with Crippen LogP contribution in [0.2, 0.25) is 0 Å². The Morgan fingerprint density at radius 3 is 2.06 bits per heavy atom. The fourth-order valence-corrected chi connectivity index (χ4v) is 3.49. The number of benzene rings is 2. The van der Waals surface area contributed by atoms with Crippen LogP contribution in [0, 0.1) is 16.7 Å². The summed E-state index contributed by atoms with van der Waals surface area (Å²) in [5, 5.41) is 16.5. The van der Waals surface area contributed by atoms with E-state index in [0.29, 0.717) is 5.57 Å². The molecule has 1 aliphatic carbocycles. The fourth-order valence-electron chi connectivity index (χ4n) is 3.20. The Labute approximate surface area is 205 Å². The molecule has 0 heterocycles. The highest BCUT2D eigenvalue weighted by molar-refractivity contribution is 7.18. The van der Waals surface area contributed by atoms with E-state index >= 15 is 0 Å². The summed E-state index contributed by atoms with van der Waals surface area (Å²) < 4.78 is 52.3. The summed E-state index contributed by atoms with van der Waals surface area (Å²) in [5.74, 6) is -1.74. The van der Waals surface area contributed by atoms with Crippen molar-refractivity contribution in [1.82, 2.24) is 0 Å². The van der Waals surface area contributed by atoms with Crippen LogP contribution in [0.5, 0.6) is 0 Å². The van der Waals surface area contributed by atoms with Gasteiger partial charge in [-0.25, -0.2) is 13.2 Å². The first-order valence-corrected chi connectivity index (χ1v) is 11.4. The van der Waals surface area contributed by atoms with Crippen LogP contribution in [-0.4, -0.2) is 23.4 Å². The Kier molecular flexibility index (Phi) is 9.21. The van der Waals surface area contributed by atoms with Gasteiger partial charge in [0.2, 0.25) is 5.90 Å². The Hall–Kier alpha value is -3.44. The smallest absolute Gasteiger partial charge is 0.268 e. The van der Waals surface area contributed by atoms with Crippen molar-refractivity contribution >= 4 is 20.8 Å². The lowest BCUT2D eigenvalue weighted by Gasteiger charge is -2.24. The molecule has 0 aliphatic heterocycles. The first-order chi connectivity index (χ1) is 16.7. The van der Waals surface area contributed by atoms with Crippen molar-refractivity contribution in [2.45, 2.75) is 25.0 Å². The largest absolute Gasteiger partial charge is 0.483 e. The lowest BCUT2D eigenvalue weighted by Crippen LogP contribution is -2.29. The minimum absolute atomic E-state index is 0.0377. The topological polar surface area (TPSA) is 66.2 Å². The third-order valence-electron chi connectivity index (χ3n) is 5.06. The molecule has 35 heavy (non-hydrogen) atoms. The van der Waals surface area contributed by atoms with Crippen molar-refractivity contribution in [3.05, 3.63) is 120 Å². The first-order valence-electron chi connectivity index (χ1n) is 10.8. The first kappa shape index (κ1) is 26.2. The van der Waals surface area contributed by atoms with Gasteiger partial charge in [-0.1, -0.05) is 88.1 Å². The molecule has 0 saturated heterocycles. The average Bonchev–Trinajstić information content (AvgIpc) is 2.84. The van der Waals surface area contributed by atoms with Gasteiger partial charge in [-0.2, -0.15) is 0 Å². The maximum absolute atomic E-state index is 14.1. The van der Waals surface area contributed by atoms with Gasteiger partial charge in [0.25, 0.3) is 5.66 Å². The van der Waals surface area contributed by atoms with Crippen LogP contribution in [0.3, 0.4) is 0 Å². The van der Waals surface area contributed by atoms with Gasteiger partial charge in [-0.3, -0.25) is 5.41 Å². The van der Waals surface area contributed by atoms with Crippen LogP contribution in [0.4, 0.5) is 13.2 Å². The van der Waals surface area contributed by atoms with Gasteiger partial charge < -0.3 is 14.9 Å². The molecule has 3 rings (SSSR count). The maximum Gasteiger partial charge on any atom is 0.268 e. The third kappa shape index (κ3) is 8.37. The second kappa shape index (κ2) is 12.3. The highest BCUT2D eigenvalue weighted by Crippen LogP contribution is 2.38. The van der Waals surface area contributed by atoms with Crippen LogP contribution < -0.4 is 0 Å². The van der Waals surface area contributed by atoms with E-state index in [1.54, 1.807) is 0 Å². The van der Waals surface area contributed by atoms with Crippen molar-refractivity contribution in [3.8, 4) is 0 Å². The zero-order chi connectivity index (χ0) is 25.3. The Bertz CT molecular complexity index is 1140. The molecule has 2 N–H and O–H groups in total. The van der Waals surface area contributed by atoms with Crippen LogP contribution >= 0.6 is 9.24 Å². The van der Waals surface area contributed by atoms with Gasteiger partial charge in [0.05, 0.1) is 11.6 Å². The number of rotatable bonds is 10. The summed E-state index contributed by atoms with van der Waals surface area (Å²) in [6.45, 7) is 0.328. The van der Waals surface area contributed by atoms with Gasteiger partial charge >= 0.3 is 0 Å². The van der Waals surface area contributed by atoms with Crippen LogP contribution in [0.1, 0.15) is 11.1 Å². The molecular formula is C27H26F3N2O2P. The molecule has 2 aromatic rings. The zero-order valence-corrected chi connectivity index (χ0v) is 20.0. The number of alkyl halides is 3. The molecule has 8 heteroatoms. The molecule has 0 spiro atoms. The molecule has 2 aromatic carbocycles. The maximum atomic E-state index is 14.1. The molecule has 0 radical (unpaired) electrons. The number of nitrogens with one attached hydrogen (secondary N) is 2. The second-order valence-electron chi connectivity index (χ2n) is 7.85. The number of allylic oxidation sites excluding steroid dienone is 7. The van der Waals surface area contributed by atoms with E-state index in [1.807, 2.05) is 60.7 Å². The molecule has 0 bridgehead atoms. The van der Waals surface area contributed by atoms with Crippen molar-refractivity contribution in [2.24, 2.45) is 5.92 Å². The molecule has 4 nitrogen and oxygen atoms in total. The lowest BCUT2D eigenvalue weighted by molar-refractivity contribution is 0.0301. The van der Waals surface area contributed by atoms with Gasteiger partial charge in [0.15, 0.2) is 5.76 Å². The van der Waals surface area contributed by atoms with E-state index in [4.69, 9.17) is 20.3 Å². The normalized spacial score (nSPS) is 18.3. The molecule has 0 aromatic heterocycles. The Morgan fingerprint density at radius 2 is 1.51 bits per heavy atom. The molecule has 0 amide bonds. The van der Waals surface area contributed by atoms with Crippen LogP contribution in [-0.2, 0) is 22.7 Å². The van der Waals surface area contributed by atoms with Crippen molar-refractivity contribution in [1.29, 1.82) is 10.8 Å². The van der Waals surface area contributed by atoms with E-state index in [2.05, 4.69) is 0 Å². The van der Waals surface area contributed by atoms with Gasteiger partial charge in [0, 0.05) is 6.08 Å². The Balaban J connectivity index is 1.69. The molecular weight excluding hydrogens is 472 g/mol. The fraction of sp³-hybridized carbons (Fsp3) is 0.185. The molecule has 3 unspecified atom stereocenters. The van der Waals surface area contributed by atoms with Crippen molar-refractivity contribution in [3.63, 3.8) is 0 Å². The monoisotopic (exact) mass is 498 g/mol. The van der Waals surface area contributed by atoms with E-state index in [1.165, 1.54) is 33.5 Å². The highest BCUT2D eigenvalue weighted by Gasteiger charge is 2.39. The molecule has 0 fully saturated rings. The van der Waals surface area contributed by atoms with Gasteiger partial charge in [-0.05, 0) is 28.9 Å². The van der Waals surface area contributed by atoms with E-state index < -0.39 is 17.8 Å². The summed E-state index contributed by atoms with van der Waals surface area (Å²) in [5.41, 5.74) is -1.17. The van der Waals surface area contributed by atoms with Crippen LogP contribution in [0.15, 0.2) is 108 Å². The standard InChI is InChI=1S/C27H26F3N2O2P/c28-24-15-19(12-14-23(24)27(29,30)35)11-13-22(31)16-25(33-17-20-7-3-1-4-8-20)26(32)34-18-21-9-5-2-6-10-21/h1-16,23-24,31-32H,17-18,35H2/b13-11+,25-16+,31-22?,32-26?. The van der Waals surface area contributed by atoms with Crippen LogP contribution in [0.25, 0.3) is 0 Å². The second-order valence-corrected chi connectivity index (χ2v) is 8.62. The van der Waals surface area contributed by atoms with E-state index in [9.17, 15) is 13.2 Å². The third-order valence-corrected chi connectivity index (χ3v) is 5.45. The Morgan fingerprint density at radius 1 is 0.943 bits per heavy atom. The van der Waals surface area contributed by atoms with Gasteiger partial charge in [-0.15, -0.1) is 0 Å². The van der Waals surface area contributed by atoms with E-state index in [0.717, 1.165) is 23.3 Å². The van der Waals surface area contributed by atoms with Gasteiger partial charge in [0.1, 0.15) is 19.4 Å². The molecule has 0 saturated carbocycles. The highest BCUT2D eigenvalue weighted by atomic mass is 31.0. The minimum atomic E-state index is -3.25. The van der Waals surface area contributed by atoms with E-state index in [-0.39, 0.29) is 30.6 Å². The SMILES string of the molecule is N=C(/C=C/C1=CC(F)C(C(F)(F)P)C=C1)/C=C(/OCc1ccccc1)C(=N)OCc1ccccc1.